The van der Waals surface area contributed by atoms with Crippen molar-refractivity contribution in [2.75, 3.05) is 6.61 Å². The predicted molar refractivity (Wildman–Crippen MR) is 136 cm³/mol. The lowest BCUT2D eigenvalue weighted by atomic mass is 9.45. The van der Waals surface area contributed by atoms with Crippen LogP contribution < -0.4 is 0 Å². The van der Waals surface area contributed by atoms with Gasteiger partial charge in [0.15, 0.2) is 5.78 Å². The minimum Gasteiger partial charge on any atom is -0.392 e. The van der Waals surface area contributed by atoms with Gasteiger partial charge in [-0.25, -0.2) is 0 Å². The van der Waals surface area contributed by atoms with E-state index in [0.717, 1.165) is 0 Å². The van der Waals surface area contributed by atoms with E-state index in [2.05, 4.69) is 6.58 Å². The Morgan fingerprint density at radius 1 is 1.19 bits per heavy atom. The van der Waals surface area contributed by atoms with Crippen LogP contribution in [-0.4, -0.2) is 72.5 Å². The van der Waals surface area contributed by atoms with Gasteiger partial charge in [0.05, 0.1) is 36.1 Å². The van der Waals surface area contributed by atoms with E-state index in [1.807, 2.05) is 20.8 Å². The first-order valence-electron chi connectivity index (χ1n) is 13.7. The van der Waals surface area contributed by atoms with Gasteiger partial charge in [0.1, 0.15) is 0 Å². The number of rotatable bonds is 7. The summed E-state index contributed by atoms with van der Waals surface area (Å²) >= 11 is 0. The zero-order valence-electron chi connectivity index (χ0n) is 22.3. The molecule has 4 rings (SSSR count). The van der Waals surface area contributed by atoms with Gasteiger partial charge in [0.25, 0.3) is 0 Å². The van der Waals surface area contributed by atoms with E-state index in [9.17, 15) is 35.4 Å². The Morgan fingerprint density at radius 3 is 2.47 bits per heavy atom. The van der Waals surface area contributed by atoms with Crippen LogP contribution in [0.4, 0.5) is 0 Å². The van der Waals surface area contributed by atoms with Crippen molar-refractivity contribution in [1.82, 2.24) is 0 Å². The lowest BCUT2D eigenvalue weighted by Gasteiger charge is -2.60. The summed E-state index contributed by atoms with van der Waals surface area (Å²) in [4.78, 5) is 13.3. The lowest BCUT2D eigenvalue weighted by molar-refractivity contribution is -0.177. The number of fused-ring (bicyclic) bond motifs is 5. The van der Waals surface area contributed by atoms with Crippen molar-refractivity contribution < 1.29 is 35.4 Å². The predicted octanol–water partition coefficient (Wildman–Crippen LogP) is 2.27. The Balaban J connectivity index is 1.66. The number of carbonyl (C=O) groups excluding carboxylic acids is 1. The molecule has 0 aromatic rings. The second kappa shape index (κ2) is 9.28. The van der Waals surface area contributed by atoms with Gasteiger partial charge in [-0.1, -0.05) is 27.4 Å². The Labute approximate surface area is 214 Å². The summed E-state index contributed by atoms with van der Waals surface area (Å²) in [6, 6.07) is 0. The summed E-state index contributed by atoms with van der Waals surface area (Å²) in [5, 5.41) is 65.5. The first-order chi connectivity index (χ1) is 16.7. The molecule has 0 aliphatic heterocycles. The number of hydrogen-bond acceptors (Lipinski definition) is 7. The second-order valence-electron chi connectivity index (χ2n) is 13.0. The lowest BCUT2D eigenvalue weighted by Crippen LogP contribution is -2.63. The highest BCUT2D eigenvalue weighted by Crippen LogP contribution is 2.68. The fourth-order valence-corrected chi connectivity index (χ4v) is 8.80. The number of carbonyl (C=O) groups is 1. The molecule has 3 fully saturated rings. The quantitative estimate of drug-likeness (QED) is 0.291. The van der Waals surface area contributed by atoms with Gasteiger partial charge >= 0.3 is 0 Å². The molecular weight excluding hydrogens is 460 g/mol. The summed E-state index contributed by atoms with van der Waals surface area (Å²) in [5.74, 6) is -1.09. The molecule has 0 aromatic heterocycles. The fourth-order valence-electron chi connectivity index (χ4n) is 8.80. The molecule has 0 radical (unpaired) electrons. The average molecular weight is 507 g/mol. The van der Waals surface area contributed by atoms with Gasteiger partial charge in [0.2, 0.25) is 0 Å². The molecule has 0 heterocycles. The van der Waals surface area contributed by atoms with E-state index in [-0.39, 0.29) is 43.0 Å². The van der Waals surface area contributed by atoms with E-state index < -0.39 is 46.3 Å². The van der Waals surface area contributed by atoms with Gasteiger partial charge in [-0.2, -0.15) is 0 Å². The molecule has 3 saturated carbocycles. The summed E-state index contributed by atoms with van der Waals surface area (Å²) in [5.41, 5.74) is -2.73. The molecular formula is C29H46O7. The van der Waals surface area contributed by atoms with Crippen molar-refractivity contribution in [2.24, 2.45) is 34.5 Å². The standard InChI is InChI=1S/C29H46O7/c1-6-17(16(2)15-30)11-25(34)28(5,35)24-8-10-29(36)19-12-21(31)20-13-22(32)23(33)14-26(20,3)18(19)7-9-27(24,29)4/h12,17-18,20,22-25,30,32-36H,2,6-11,13-15H2,1,3-5H3/t17?,18-,20-,22+,23-,24-,25?,26+,27+,28?,29+/m0/s1. The maximum absolute atomic E-state index is 13.3. The first kappa shape index (κ1) is 27.9. The van der Waals surface area contributed by atoms with Crippen LogP contribution in [0, 0.1) is 34.5 Å². The van der Waals surface area contributed by atoms with Gasteiger partial charge in [0, 0.05) is 11.3 Å². The third kappa shape index (κ3) is 3.88. The summed E-state index contributed by atoms with van der Waals surface area (Å²) in [6.45, 7) is 11.4. The van der Waals surface area contributed by atoms with Crippen LogP contribution in [0.3, 0.4) is 0 Å². The molecule has 36 heavy (non-hydrogen) atoms. The zero-order valence-corrected chi connectivity index (χ0v) is 22.3. The molecule has 4 aliphatic rings. The maximum Gasteiger partial charge on any atom is 0.159 e. The molecule has 4 aliphatic carbocycles. The third-order valence-corrected chi connectivity index (χ3v) is 11.3. The number of aliphatic hydroxyl groups excluding tert-OH is 4. The van der Waals surface area contributed by atoms with Gasteiger partial charge < -0.3 is 30.6 Å². The molecule has 204 valence electrons. The van der Waals surface area contributed by atoms with Crippen LogP contribution in [0.15, 0.2) is 23.8 Å². The van der Waals surface area contributed by atoms with Crippen LogP contribution in [-0.2, 0) is 4.79 Å². The van der Waals surface area contributed by atoms with Crippen LogP contribution in [0.2, 0.25) is 0 Å². The van der Waals surface area contributed by atoms with Crippen LogP contribution in [0.1, 0.15) is 79.1 Å². The fraction of sp³-hybridized carbons (Fsp3) is 0.828. The van der Waals surface area contributed by atoms with E-state index in [1.54, 1.807) is 13.0 Å². The minimum absolute atomic E-state index is 0.0913. The van der Waals surface area contributed by atoms with Crippen LogP contribution >= 0.6 is 0 Å². The number of allylic oxidation sites excluding steroid dienone is 1. The van der Waals surface area contributed by atoms with E-state index >= 15 is 0 Å². The van der Waals surface area contributed by atoms with Crippen molar-refractivity contribution in [2.45, 2.75) is 109 Å². The van der Waals surface area contributed by atoms with Gasteiger partial charge in [-0.15, -0.1) is 0 Å². The number of aliphatic hydroxyl groups is 6. The monoisotopic (exact) mass is 506 g/mol. The Morgan fingerprint density at radius 2 is 1.86 bits per heavy atom. The normalized spacial score (nSPS) is 45.6. The molecule has 7 nitrogen and oxygen atoms in total. The Bertz CT molecular complexity index is 927. The zero-order chi connectivity index (χ0) is 26.8. The van der Waals surface area contributed by atoms with Crippen molar-refractivity contribution in [3.05, 3.63) is 23.8 Å². The maximum atomic E-state index is 13.3. The van der Waals surface area contributed by atoms with Crippen molar-refractivity contribution in [1.29, 1.82) is 0 Å². The highest BCUT2D eigenvalue weighted by atomic mass is 16.3. The molecule has 3 unspecified atom stereocenters. The summed E-state index contributed by atoms with van der Waals surface area (Å²) < 4.78 is 0. The summed E-state index contributed by atoms with van der Waals surface area (Å²) in [7, 11) is 0. The average Bonchev–Trinajstić information content (AvgIpc) is 3.10. The molecule has 0 saturated heterocycles. The molecule has 0 amide bonds. The first-order valence-corrected chi connectivity index (χ1v) is 13.7. The summed E-state index contributed by atoms with van der Waals surface area (Å²) in [6.07, 6.45) is 2.45. The van der Waals surface area contributed by atoms with E-state index in [4.69, 9.17) is 0 Å². The molecule has 0 aromatic carbocycles. The van der Waals surface area contributed by atoms with Crippen molar-refractivity contribution in [3.8, 4) is 0 Å². The van der Waals surface area contributed by atoms with E-state index in [1.165, 1.54) is 0 Å². The van der Waals surface area contributed by atoms with Crippen LogP contribution in [0.25, 0.3) is 0 Å². The van der Waals surface area contributed by atoms with E-state index in [0.29, 0.717) is 49.7 Å². The molecule has 6 N–H and O–H groups in total. The largest absolute Gasteiger partial charge is 0.392 e. The number of hydrogen-bond donors (Lipinski definition) is 6. The van der Waals surface area contributed by atoms with Crippen molar-refractivity contribution in [3.63, 3.8) is 0 Å². The molecule has 0 spiro atoms. The SMILES string of the molecule is C=C(CO)C(CC)CC(O)C(C)(O)[C@H]1CC[C@@]2(O)C3=CC(=O)[C@@H]4C[C@@H](O)[C@@H](O)C[C@]4(C)[C@H]3CC[C@]12C. The molecule has 11 atom stereocenters. The van der Waals surface area contributed by atoms with Gasteiger partial charge in [-0.05, 0) is 98.7 Å². The minimum atomic E-state index is -1.48. The van der Waals surface area contributed by atoms with Crippen LogP contribution in [0.5, 0.6) is 0 Å². The Hall–Kier alpha value is -1.09. The Kier molecular flexibility index (Phi) is 7.20. The smallest absolute Gasteiger partial charge is 0.159 e. The highest BCUT2D eigenvalue weighted by Gasteiger charge is 2.69. The highest BCUT2D eigenvalue weighted by molar-refractivity contribution is 5.95. The second-order valence-corrected chi connectivity index (χ2v) is 13.0. The van der Waals surface area contributed by atoms with Gasteiger partial charge in [-0.3, -0.25) is 4.79 Å². The molecule has 7 heteroatoms. The third-order valence-electron chi connectivity index (χ3n) is 11.3. The topological polar surface area (TPSA) is 138 Å². The van der Waals surface area contributed by atoms with Crippen molar-refractivity contribution >= 4 is 5.78 Å². The molecule has 0 bridgehead atoms. The number of ketones is 1.